The van der Waals surface area contributed by atoms with Gasteiger partial charge in [0.1, 0.15) is 10.8 Å². The fourth-order valence-corrected chi connectivity index (χ4v) is 3.29. The number of carbonyl (C=O) groups is 1. The molecule has 1 aliphatic carbocycles. The predicted molar refractivity (Wildman–Crippen MR) is 80.2 cm³/mol. The van der Waals surface area contributed by atoms with Gasteiger partial charge in [0.15, 0.2) is 0 Å². The van der Waals surface area contributed by atoms with E-state index in [1.807, 2.05) is 0 Å². The topological polar surface area (TPSA) is 54.9 Å². The average molecular weight is 326 g/mol. The van der Waals surface area contributed by atoms with E-state index < -0.39 is 5.82 Å². The highest BCUT2D eigenvalue weighted by Gasteiger charge is 2.24. The zero-order chi connectivity index (χ0) is 14.8. The highest BCUT2D eigenvalue weighted by molar-refractivity contribution is 7.15. The summed E-state index contributed by atoms with van der Waals surface area (Å²) in [6, 6.07) is 4.36. The molecule has 0 spiro atoms. The van der Waals surface area contributed by atoms with E-state index in [2.05, 4.69) is 15.5 Å². The van der Waals surface area contributed by atoms with E-state index in [1.165, 1.54) is 29.9 Å². The molecule has 0 unspecified atom stereocenters. The number of hydrogen-bond donors (Lipinski definition) is 1. The summed E-state index contributed by atoms with van der Waals surface area (Å²) in [6.45, 7) is 0. The van der Waals surface area contributed by atoms with Gasteiger partial charge < -0.3 is 5.32 Å². The van der Waals surface area contributed by atoms with Crippen LogP contribution in [0.4, 0.5) is 9.52 Å². The van der Waals surface area contributed by atoms with Crippen molar-refractivity contribution in [1.29, 1.82) is 0 Å². The second kappa shape index (κ2) is 6.07. The molecule has 1 fully saturated rings. The van der Waals surface area contributed by atoms with Gasteiger partial charge in [0.05, 0.1) is 6.42 Å². The number of carbonyl (C=O) groups excluding carboxylic acids is 1. The Morgan fingerprint density at radius 2 is 2.24 bits per heavy atom. The van der Waals surface area contributed by atoms with Crippen molar-refractivity contribution in [2.24, 2.45) is 0 Å². The molecule has 0 radical (unpaired) electrons. The summed E-state index contributed by atoms with van der Waals surface area (Å²) in [5.74, 6) is -0.349. The van der Waals surface area contributed by atoms with Crippen molar-refractivity contribution in [3.05, 3.63) is 39.6 Å². The SMILES string of the molecule is O=C(Cc1c(F)cccc1Cl)Nc1nnc(C2CCC2)s1. The van der Waals surface area contributed by atoms with Crippen LogP contribution in [0.25, 0.3) is 0 Å². The van der Waals surface area contributed by atoms with E-state index in [0.29, 0.717) is 11.0 Å². The molecule has 1 aromatic heterocycles. The first-order valence-corrected chi connectivity index (χ1v) is 7.89. The minimum absolute atomic E-state index is 0.121. The lowest BCUT2D eigenvalue weighted by Crippen LogP contribution is -2.15. The Balaban J connectivity index is 1.65. The van der Waals surface area contributed by atoms with Gasteiger partial charge in [0.2, 0.25) is 11.0 Å². The molecule has 4 nitrogen and oxygen atoms in total. The third kappa shape index (κ3) is 3.22. The monoisotopic (exact) mass is 325 g/mol. The third-order valence-electron chi connectivity index (χ3n) is 3.54. The van der Waals surface area contributed by atoms with Gasteiger partial charge >= 0.3 is 0 Å². The van der Waals surface area contributed by atoms with Crippen molar-refractivity contribution in [2.45, 2.75) is 31.6 Å². The molecule has 110 valence electrons. The molecule has 1 saturated carbocycles. The van der Waals surface area contributed by atoms with E-state index >= 15 is 0 Å². The van der Waals surface area contributed by atoms with Crippen molar-refractivity contribution in [1.82, 2.24) is 10.2 Å². The minimum Gasteiger partial charge on any atom is -0.300 e. The quantitative estimate of drug-likeness (QED) is 0.930. The first-order chi connectivity index (χ1) is 10.1. The van der Waals surface area contributed by atoms with Gasteiger partial charge in [-0.25, -0.2) is 4.39 Å². The maximum atomic E-state index is 13.6. The predicted octanol–water partition coefficient (Wildman–Crippen LogP) is 3.78. The Morgan fingerprint density at radius 3 is 2.90 bits per heavy atom. The van der Waals surface area contributed by atoms with Gasteiger partial charge in [-0.05, 0) is 25.0 Å². The number of amides is 1. The maximum absolute atomic E-state index is 13.6. The lowest BCUT2D eigenvalue weighted by Gasteiger charge is -2.21. The van der Waals surface area contributed by atoms with Crippen molar-refractivity contribution >= 4 is 34.0 Å². The lowest BCUT2D eigenvalue weighted by atomic mass is 9.86. The summed E-state index contributed by atoms with van der Waals surface area (Å²) < 4.78 is 13.6. The molecule has 1 N–H and O–H groups in total. The van der Waals surface area contributed by atoms with Crippen LogP contribution in [0, 0.1) is 5.82 Å². The largest absolute Gasteiger partial charge is 0.300 e. The molecule has 0 atom stereocenters. The highest BCUT2D eigenvalue weighted by atomic mass is 35.5. The summed E-state index contributed by atoms with van der Waals surface area (Å²) in [4.78, 5) is 12.0. The Morgan fingerprint density at radius 1 is 1.43 bits per heavy atom. The van der Waals surface area contributed by atoms with Crippen LogP contribution in [0.1, 0.15) is 35.8 Å². The number of halogens is 2. The Hall–Kier alpha value is -1.53. The molecule has 0 saturated heterocycles. The number of rotatable bonds is 4. The molecule has 0 aliphatic heterocycles. The van der Waals surface area contributed by atoms with E-state index in [1.54, 1.807) is 6.07 Å². The second-order valence-electron chi connectivity index (χ2n) is 5.00. The second-order valence-corrected chi connectivity index (χ2v) is 6.41. The Bertz CT molecular complexity index is 652. The number of aromatic nitrogens is 2. The maximum Gasteiger partial charge on any atom is 0.230 e. The summed E-state index contributed by atoms with van der Waals surface area (Å²) in [5.41, 5.74) is 0.195. The van der Waals surface area contributed by atoms with Gasteiger partial charge in [0.25, 0.3) is 0 Å². The van der Waals surface area contributed by atoms with Crippen LogP contribution >= 0.6 is 22.9 Å². The van der Waals surface area contributed by atoms with Crippen molar-refractivity contribution in [3.8, 4) is 0 Å². The van der Waals surface area contributed by atoms with Crippen molar-refractivity contribution < 1.29 is 9.18 Å². The molecule has 3 rings (SSSR count). The molecule has 1 amide bonds. The van der Waals surface area contributed by atoms with Crippen LogP contribution in [0.3, 0.4) is 0 Å². The van der Waals surface area contributed by atoms with E-state index in [9.17, 15) is 9.18 Å². The molecule has 1 heterocycles. The summed E-state index contributed by atoms with van der Waals surface area (Å²) in [6.07, 6.45) is 3.36. The smallest absolute Gasteiger partial charge is 0.230 e. The first kappa shape index (κ1) is 14.4. The highest BCUT2D eigenvalue weighted by Crippen LogP contribution is 2.38. The van der Waals surface area contributed by atoms with E-state index in [0.717, 1.165) is 17.8 Å². The normalized spacial score (nSPS) is 14.8. The number of nitrogens with one attached hydrogen (secondary N) is 1. The van der Waals surface area contributed by atoms with Crippen LogP contribution in [-0.4, -0.2) is 16.1 Å². The summed E-state index contributed by atoms with van der Waals surface area (Å²) in [7, 11) is 0. The van der Waals surface area contributed by atoms with Gasteiger partial charge in [-0.15, -0.1) is 10.2 Å². The lowest BCUT2D eigenvalue weighted by molar-refractivity contribution is -0.115. The Labute approximate surface area is 130 Å². The molecular weight excluding hydrogens is 313 g/mol. The average Bonchev–Trinajstić information content (AvgIpc) is 2.80. The zero-order valence-electron chi connectivity index (χ0n) is 11.1. The van der Waals surface area contributed by atoms with E-state index in [-0.39, 0.29) is 22.9 Å². The van der Waals surface area contributed by atoms with Crippen LogP contribution in [0.15, 0.2) is 18.2 Å². The van der Waals surface area contributed by atoms with E-state index in [4.69, 9.17) is 11.6 Å². The van der Waals surface area contributed by atoms with Gasteiger partial charge in [-0.1, -0.05) is 35.4 Å². The fraction of sp³-hybridized carbons (Fsp3) is 0.357. The van der Waals surface area contributed by atoms with Crippen LogP contribution in [-0.2, 0) is 11.2 Å². The van der Waals surface area contributed by atoms with Gasteiger partial charge in [-0.3, -0.25) is 4.79 Å². The number of anilines is 1. The molecular formula is C14H13ClFN3OS. The number of benzene rings is 1. The number of hydrogen-bond acceptors (Lipinski definition) is 4. The molecule has 2 aromatic rings. The standard InChI is InChI=1S/C14H13ClFN3OS/c15-10-5-2-6-11(16)9(10)7-12(20)17-14-19-18-13(21-14)8-3-1-4-8/h2,5-6,8H,1,3-4,7H2,(H,17,19,20). The third-order valence-corrected chi connectivity index (χ3v) is 4.90. The van der Waals surface area contributed by atoms with Crippen LogP contribution in [0.2, 0.25) is 5.02 Å². The molecule has 0 bridgehead atoms. The van der Waals surface area contributed by atoms with Crippen molar-refractivity contribution in [3.63, 3.8) is 0 Å². The number of nitrogens with zero attached hydrogens (tertiary/aromatic N) is 2. The van der Waals surface area contributed by atoms with Crippen molar-refractivity contribution in [2.75, 3.05) is 5.32 Å². The summed E-state index contributed by atoms with van der Waals surface area (Å²) >= 11 is 7.29. The van der Waals surface area contributed by atoms with Crippen LogP contribution < -0.4 is 5.32 Å². The fourth-order valence-electron chi connectivity index (χ4n) is 2.13. The molecule has 1 aromatic carbocycles. The first-order valence-electron chi connectivity index (χ1n) is 6.69. The molecule has 21 heavy (non-hydrogen) atoms. The molecule has 7 heteroatoms. The van der Waals surface area contributed by atoms with Gasteiger partial charge in [-0.2, -0.15) is 0 Å². The zero-order valence-corrected chi connectivity index (χ0v) is 12.7. The Kier molecular flexibility index (Phi) is 4.17. The van der Waals surface area contributed by atoms with Crippen LogP contribution in [0.5, 0.6) is 0 Å². The minimum atomic E-state index is -0.481. The summed E-state index contributed by atoms with van der Waals surface area (Å²) in [5, 5.41) is 12.4. The molecule has 1 aliphatic rings. The van der Waals surface area contributed by atoms with Gasteiger partial charge in [0, 0.05) is 16.5 Å².